The number of carboxylic acid groups (broad SMARTS) is 1. The van der Waals surface area contributed by atoms with Crippen LogP contribution in [0.2, 0.25) is 0 Å². The second kappa shape index (κ2) is 8.19. The van der Waals surface area contributed by atoms with Gasteiger partial charge in [0.15, 0.2) is 11.5 Å². The summed E-state index contributed by atoms with van der Waals surface area (Å²) in [6.07, 6.45) is 0.326. The molecule has 0 unspecified atom stereocenters. The van der Waals surface area contributed by atoms with Crippen LogP contribution < -0.4 is 14.8 Å². The molecule has 0 saturated carbocycles. The first-order valence-electron chi connectivity index (χ1n) is 7.24. The van der Waals surface area contributed by atoms with Crippen LogP contribution in [0.5, 0.6) is 11.5 Å². The number of rotatable bonds is 8. The summed E-state index contributed by atoms with van der Waals surface area (Å²) in [5.41, 5.74) is -0.228. The molecule has 23 heavy (non-hydrogen) atoms. The zero-order chi connectivity index (χ0) is 17.6. The van der Waals surface area contributed by atoms with E-state index in [4.69, 9.17) is 14.6 Å². The molecular formula is C16H22BrNO5. The van der Waals surface area contributed by atoms with Crippen LogP contribution >= 0.6 is 15.9 Å². The lowest BCUT2D eigenvalue weighted by molar-refractivity contribution is -0.137. The Hall–Kier alpha value is -1.76. The van der Waals surface area contributed by atoms with E-state index in [2.05, 4.69) is 21.2 Å². The summed E-state index contributed by atoms with van der Waals surface area (Å²) >= 11 is 3.37. The van der Waals surface area contributed by atoms with Gasteiger partial charge < -0.3 is 19.9 Å². The van der Waals surface area contributed by atoms with E-state index >= 15 is 0 Å². The number of amides is 1. The number of hydrogen-bond donors (Lipinski definition) is 2. The number of carbonyl (C=O) groups excluding carboxylic acids is 1. The van der Waals surface area contributed by atoms with Gasteiger partial charge in [-0.2, -0.15) is 0 Å². The first-order valence-corrected chi connectivity index (χ1v) is 8.04. The van der Waals surface area contributed by atoms with Crippen LogP contribution in [0.1, 0.15) is 44.0 Å². The molecule has 0 aliphatic carbocycles. The average molecular weight is 388 g/mol. The van der Waals surface area contributed by atoms with Crippen molar-refractivity contribution in [2.75, 3.05) is 13.7 Å². The van der Waals surface area contributed by atoms with E-state index < -0.39 is 11.5 Å². The summed E-state index contributed by atoms with van der Waals surface area (Å²) < 4.78 is 11.4. The topological polar surface area (TPSA) is 84.9 Å². The number of nitrogens with one attached hydrogen (secondary N) is 1. The molecule has 1 aromatic rings. The van der Waals surface area contributed by atoms with Gasteiger partial charge in [0, 0.05) is 17.5 Å². The van der Waals surface area contributed by atoms with E-state index in [0.717, 1.165) is 0 Å². The summed E-state index contributed by atoms with van der Waals surface area (Å²) in [4.78, 5) is 23.1. The third kappa shape index (κ3) is 5.74. The average Bonchev–Trinajstić information content (AvgIpc) is 2.46. The molecule has 0 spiro atoms. The van der Waals surface area contributed by atoms with E-state index in [1.54, 1.807) is 26.0 Å². The van der Waals surface area contributed by atoms with Crippen LogP contribution in [0, 0.1) is 0 Å². The summed E-state index contributed by atoms with van der Waals surface area (Å²) in [6, 6.07) is 3.24. The zero-order valence-electron chi connectivity index (χ0n) is 13.7. The molecule has 0 aliphatic rings. The highest BCUT2D eigenvalue weighted by Crippen LogP contribution is 2.36. The first kappa shape index (κ1) is 19.3. The Morgan fingerprint density at radius 3 is 2.52 bits per heavy atom. The smallest absolute Gasteiger partial charge is 0.303 e. The van der Waals surface area contributed by atoms with Gasteiger partial charge >= 0.3 is 5.97 Å². The van der Waals surface area contributed by atoms with Crippen LogP contribution in [0.25, 0.3) is 0 Å². The number of benzene rings is 1. The molecule has 128 valence electrons. The van der Waals surface area contributed by atoms with E-state index in [-0.39, 0.29) is 12.3 Å². The van der Waals surface area contributed by atoms with Crippen molar-refractivity contribution in [3.63, 3.8) is 0 Å². The fraction of sp³-hybridized carbons (Fsp3) is 0.500. The lowest BCUT2D eigenvalue weighted by Crippen LogP contribution is -2.43. The standard InChI is InChI=1S/C16H22BrNO5/c1-5-23-14-11(17)8-10(9-12(14)22-4)15(21)18-16(2,3)7-6-13(19)20/h8-9H,5-7H2,1-4H3,(H,18,21)(H,19,20). The Labute approximate surface area is 144 Å². The van der Waals surface area contributed by atoms with Crippen molar-refractivity contribution in [1.29, 1.82) is 0 Å². The van der Waals surface area contributed by atoms with Crippen molar-refractivity contribution in [1.82, 2.24) is 5.32 Å². The lowest BCUT2D eigenvalue weighted by atomic mass is 9.97. The molecule has 0 atom stereocenters. The van der Waals surface area contributed by atoms with Gasteiger partial charge in [0.05, 0.1) is 18.2 Å². The predicted molar refractivity (Wildman–Crippen MR) is 90.3 cm³/mol. The van der Waals surface area contributed by atoms with Gasteiger partial charge in [0.2, 0.25) is 0 Å². The summed E-state index contributed by atoms with van der Waals surface area (Å²) in [7, 11) is 1.50. The van der Waals surface area contributed by atoms with Crippen molar-refractivity contribution in [3.05, 3.63) is 22.2 Å². The molecule has 2 N–H and O–H groups in total. The van der Waals surface area contributed by atoms with Crippen LogP contribution in [0.3, 0.4) is 0 Å². The Morgan fingerprint density at radius 1 is 1.35 bits per heavy atom. The number of carboxylic acids is 1. The molecule has 0 radical (unpaired) electrons. The maximum atomic E-state index is 12.4. The van der Waals surface area contributed by atoms with Crippen molar-refractivity contribution in [2.24, 2.45) is 0 Å². The Bertz CT molecular complexity index is 586. The molecule has 0 saturated heterocycles. The Balaban J connectivity index is 2.95. The fourth-order valence-electron chi connectivity index (χ4n) is 2.00. The zero-order valence-corrected chi connectivity index (χ0v) is 15.3. The van der Waals surface area contributed by atoms with Gasteiger partial charge in [-0.1, -0.05) is 0 Å². The van der Waals surface area contributed by atoms with Gasteiger partial charge in [-0.3, -0.25) is 9.59 Å². The number of ether oxygens (including phenoxy) is 2. The maximum Gasteiger partial charge on any atom is 0.303 e. The number of carbonyl (C=O) groups is 2. The monoisotopic (exact) mass is 387 g/mol. The molecule has 0 fully saturated rings. The van der Waals surface area contributed by atoms with Gasteiger partial charge in [-0.05, 0) is 55.3 Å². The molecule has 1 aromatic carbocycles. The molecule has 6 nitrogen and oxygen atoms in total. The van der Waals surface area contributed by atoms with Crippen molar-refractivity contribution < 1.29 is 24.2 Å². The van der Waals surface area contributed by atoms with Gasteiger partial charge in [-0.15, -0.1) is 0 Å². The molecule has 0 aromatic heterocycles. The third-order valence-corrected chi connectivity index (χ3v) is 3.79. The van der Waals surface area contributed by atoms with Gasteiger partial charge in [-0.25, -0.2) is 0 Å². The van der Waals surface area contributed by atoms with E-state index in [1.807, 2.05) is 6.92 Å². The molecule has 7 heteroatoms. The summed E-state index contributed by atoms with van der Waals surface area (Å²) in [6.45, 7) is 5.91. The van der Waals surface area contributed by atoms with E-state index in [1.165, 1.54) is 7.11 Å². The Kier molecular flexibility index (Phi) is 6.87. The minimum atomic E-state index is -0.891. The molecule has 1 amide bonds. The van der Waals surface area contributed by atoms with Crippen LogP contribution in [0.15, 0.2) is 16.6 Å². The van der Waals surface area contributed by atoms with Crippen LogP contribution in [-0.4, -0.2) is 36.2 Å². The minimum Gasteiger partial charge on any atom is -0.493 e. The molecule has 0 heterocycles. The largest absolute Gasteiger partial charge is 0.493 e. The number of hydrogen-bond acceptors (Lipinski definition) is 4. The predicted octanol–water partition coefficient (Wildman–Crippen LogP) is 3.23. The minimum absolute atomic E-state index is 0.0103. The molecule has 0 aliphatic heterocycles. The Morgan fingerprint density at radius 2 is 2.00 bits per heavy atom. The SMILES string of the molecule is CCOc1c(Br)cc(C(=O)NC(C)(C)CCC(=O)O)cc1OC. The molecular weight excluding hydrogens is 366 g/mol. The van der Waals surface area contributed by atoms with Gasteiger partial charge in [0.25, 0.3) is 5.91 Å². The van der Waals surface area contributed by atoms with Crippen LogP contribution in [0.4, 0.5) is 0 Å². The highest BCUT2D eigenvalue weighted by atomic mass is 79.9. The van der Waals surface area contributed by atoms with Crippen molar-refractivity contribution in [2.45, 2.75) is 39.2 Å². The van der Waals surface area contributed by atoms with Crippen molar-refractivity contribution in [3.8, 4) is 11.5 Å². The second-order valence-electron chi connectivity index (χ2n) is 5.65. The van der Waals surface area contributed by atoms with Crippen molar-refractivity contribution >= 4 is 27.8 Å². The second-order valence-corrected chi connectivity index (χ2v) is 6.51. The normalized spacial score (nSPS) is 11.0. The highest BCUT2D eigenvalue weighted by Gasteiger charge is 2.23. The van der Waals surface area contributed by atoms with E-state index in [9.17, 15) is 9.59 Å². The van der Waals surface area contributed by atoms with Crippen LogP contribution in [-0.2, 0) is 4.79 Å². The highest BCUT2D eigenvalue weighted by molar-refractivity contribution is 9.10. The molecule has 0 bridgehead atoms. The number of methoxy groups -OCH3 is 1. The first-order chi connectivity index (χ1) is 10.7. The molecule has 1 rings (SSSR count). The lowest BCUT2D eigenvalue weighted by Gasteiger charge is -2.26. The maximum absolute atomic E-state index is 12.4. The number of aliphatic carboxylic acids is 1. The van der Waals surface area contributed by atoms with Gasteiger partial charge in [0.1, 0.15) is 0 Å². The fourth-order valence-corrected chi connectivity index (χ4v) is 2.55. The summed E-state index contributed by atoms with van der Waals surface area (Å²) in [5, 5.41) is 11.6. The summed E-state index contributed by atoms with van der Waals surface area (Å²) in [5.74, 6) is -0.202. The quantitative estimate of drug-likeness (QED) is 0.714. The van der Waals surface area contributed by atoms with E-state index in [0.29, 0.717) is 34.6 Å². The number of halogens is 1. The third-order valence-electron chi connectivity index (χ3n) is 3.20.